The van der Waals surface area contributed by atoms with Gasteiger partial charge < -0.3 is 0 Å². The molecule has 0 aliphatic carbocycles. The Labute approximate surface area is 99.7 Å². The third-order valence-electron chi connectivity index (χ3n) is 3.10. The molecule has 1 aromatic rings. The zero-order valence-electron chi connectivity index (χ0n) is 10.7. The van der Waals surface area contributed by atoms with Crippen LogP contribution in [0.15, 0.2) is 54.6 Å². The third kappa shape index (κ3) is 3.37. The minimum absolute atomic E-state index is 0.0905. The summed E-state index contributed by atoms with van der Waals surface area (Å²) in [7, 11) is 0. The van der Waals surface area contributed by atoms with E-state index in [2.05, 4.69) is 69.8 Å². The van der Waals surface area contributed by atoms with Crippen molar-refractivity contribution in [3.63, 3.8) is 0 Å². The normalized spacial score (nSPS) is 13.9. The number of hydrogen-bond acceptors (Lipinski definition) is 0. The van der Waals surface area contributed by atoms with E-state index in [9.17, 15) is 0 Å². The molecule has 0 saturated heterocycles. The van der Waals surface area contributed by atoms with Gasteiger partial charge in [0.2, 0.25) is 0 Å². The van der Waals surface area contributed by atoms with Gasteiger partial charge in [0.15, 0.2) is 0 Å². The minimum Gasteiger partial charge on any atom is -0.102 e. The maximum Gasteiger partial charge on any atom is 0.0104 e. The molecule has 0 nitrogen and oxygen atoms in total. The first kappa shape index (κ1) is 12.8. The van der Waals surface area contributed by atoms with Crippen LogP contribution in [-0.2, 0) is 5.41 Å². The molecule has 0 unspecified atom stereocenters. The fourth-order valence-corrected chi connectivity index (χ4v) is 1.84. The van der Waals surface area contributed by atoms with Crippen molar-refractivity contribution in [2.45, 2.75) is 39.0 Å². The van der Waals surface area contributed by atoms with Gasteiger partial charge in [-0.25, -0.2) is 0 Å². The van der Waals surface area contributed by atoms with Crippen molar-refractivity contribution in [1.82, 2.24) is 0 Å². The van der Waals surface area contributed by atoms with Gasteiger partial charge in [0.1, 0.15) is 0 Å². The van der Waals surface area contributed by atoms with Gasteiger partial charge in [-0.2, -0.15) is 0 Å². The SMILES string of the molecule is C=C[C@@](C)(CCC=C(C)C)c1ccccc1. The second-order valence-electron chi connectivity index (χ2n) is 4.81. The van der Waals surface area contributed by atoms with Gasteiger partial charge in [0.05, 0.1) is 0 Å². The van der Waals surface area contributed by atoms with Gasteiger partial charge in [-0.05, 0) is 32.3 Å². The predicted octanol–water partition coefficient (Wildman–Crippen LogP) is 4.88. The lowest BCUT2D eigenvalue weighted by Crippen LogP contribution is -2.18. The third-order valence-corrected chi connectivity index (χ3v) is 3.10. The Hall–Kier alpha value is -1.30. The Morgan fingerprint density at radius 2 is 1.88 bits per heavy atom. The highest BCUT2D eigenvalue weighted by Gasteiger charge is 2.21. The quantitative estimate of drug-likeness (QED) is 0.613. The van der Waals surface area contributed by atoms with E-state index in [4.69, 9.17) is 0 Å². The van der Waals surface area contributed by atoms with Crippen LogP contribution in [0.2, 0.25) is 0 Å². The summed E-state index contributed by atoms with van der Waals surface area (Å²) >= 11 is 0. The van der Waals surface area contributed by atoms with Crippen molar-refractivity contribution in [3.05, 3.63) is 60.2 Å². The lowest BCUT2D eigenvalue weighted by atomic mass is 9.78. The van der Waals surface area contributed by atoms with E-state index in [1.54, 1.807) is 0 Å². The van der Waals surface area contributed by atoms with Gasteiger partial charge in [-0.1, -0.05) is 55.0 Å². The van der Waals surface area contributed by atoms with Gasteiger partial charge in [-0.3, -0.25) is 0 Å². The second kappa shape index (κ2) is 5.69. The summed E-state index contributed by atoms with van der Waals surface area (Å²) < 4.78 is 0. The molecule has 0 bridgehead atoms. The molecule has 0 heterocycles. The summed E-state index contributed by atoms with van der Waals surface area (Å²) in [6.45, 7) is 10.5. The summed E-state index contributed by atoms with van der Waals surface area (Å²) in [4.78, 5) is 0. The average Bonchev–Trinajstić information content (AvgIpc) is 2.29. The molecule has 0 spiro atoms. The Kier molecular flexibility index (Phi) is 4.54. The summed E-state index contributed by atoms with van der Waals surface area (Å²) in [5.41, 5.74) is 2.83. The van der Waals surface area contributed by atoms with E-state index in [-0.39, 0.29) is 5.41 Å². The molecule has 1 aromatic carbocycles. The van der Waals surface area contributed by atoms with Crippen LogP contribution >= 0.6 is 0 Å². The van der Waals surface area contributed by atoms with Crippen molar-refractivity contribution in [3.8, 4) is 0 Å². The van der Waals surface area contributed by atoms with E-state index < -0.39 is 0 Å². The van der Waals surface area contributed by atoms with Gasteiger partial charge >= 0.3 is 0 Å². The van der Waals surface area contributed by atoms with Crippen LogP contribution in [0, 0.1) is 0 Å². The standard InChI is InChI=1S/C16H22/c1-5-16(4,13-9-10-14(2)3)15-11-7-6-8-12-15/h5-8,10-12H,1,9,13H2,2-4H3/t16-/m0/s1. The molecular weight excluding hydrogens is 192 g/mol. The Morgan fingerprint density at radius 1 is 1.25 bits per heavy atom. The van der Waals surface area contributed by atoms with Gasteiger partial charge in [-0.15, -0.1) is 6.58 Å². The zero-order chi connectivity index (χ0) is 12.0. The first-order valence-corrected chi connectivity index (χ1v) is 5.91. The maximum absolute atomic E-state index is 3.99. The maximum atomic E-state index is 3.99. The van der Waals surface area contributed by atoms with Crippen molar-refractivity contribution in [2.75, 3.05) is 0 Å². The summed E-state index contributed by atoms with van der Waals surface area (Å²) in [5.74, 6) is 0. The fraction of sp³-hybridized carbons (Fsp3) is 0.375. The van der Waals surface area contributed by atoms with E-state index in [1.807, 2.05) is 0 Å². The molecular formula is C16H22. The number of rotatable bonds is 5. The monoisotopic (exact) mass is 214 g/mol. The van der Waals surface area contributed by atoms with Gasteiger partial charge in [0, 0.05) is 5.41 Å². The number of hydrogen-bond donors (Lipinski definition) is 0. The fourth-order valence-electron chi connectivity index (χ4n) is 1.84. The lowest BCUT2D eigenvalue weighted by Gasteiger charge is -2.26. The average molecular weight is 214 g/mol. The van der Waals surface area contributed by atoms with Crippen LogP contribution < -0.4 is 0 Å². The Morgan fingerprint density at radius 3 is 2.38 bits per heavy atom. The highest BCUT2D eigenvalue weighted by atomic mass is 14.2. The molecule has 0 aromatic heterocycles. The largest absolute Gasteiger partial charge is 0.102 e. The Balaban J connectivity index is 2.78. The summed E-state index contributed by atoms with van der Waals surface area (Å²) in [6, 6.07) is 10.6. The molecule has 0 fully saturated rings. The molecule has 0 aliphatic heterocycles. The van der Waals surface area contributed by atoms with E-state index in [1.165, 1.54) is 11.1 Å². The molecule has 0 N–H and O–H groups in total. The predicted molar refractivity (Wildman–Crippen MR) is 72.7 cm³/mol. The minimum atomic E-state index is 0.0905. The van der Waals surface area contributed by atoms with Crippen LogP contribution in [-0.4, -0.2) is 0 Å². The molecule has 1 rings (SSSR count). The van der Waals surface area contributed by atoms with Crippen molar-refractivity contribution in [1.29, 1.82) is 0 Å². The number of allylic oxidation sites excluding steroid dienone is 3. The van der Waals surface area contributed by atoms with Crippen LogP contribution in [0.3, 0.4) is 0 Å². The second-order valence-corrected chi connectivity index (χ2v) is 4.81. The zero-order valence-corrected chi connectivity index (χ0v) is 10.7. The Bertz CT molecular complexity index is 355. The first-order valence-electron chi connectivity index (χ1n) is 5.91. The molecule has 0 aliphatic rings. The molecule has 16 heavy (non-hydrogen) atoms. The highest BCUT2D eigenvalue weighted by Crippen LogP contribution is 2.30. The van der Waals surface area contributed by atoms with Crippen molar-refractivity contribution in [2.24, 2.45) is 0 Å². The molecule has 0 radical (unpaired) electrons. The van der Waals surface area contributed by atoms with Crippen LogP contribution in [0.1, 0.15) is 39.2 Å². The molecule has 0 saturated carbocycles. The summed E-state index contributed by atoms with van der Waals surface area (Å²) in [5, 5.41) is 0. The van der Waals surface area contributed by atoms with Gasteiger partial charge in [0.25, 0.3) is 0 Å². The molecule has 0 amide bonds. The smallest absolute Gasteiger partial charge is 0.0104 e. The van der Waals surface area contributed by atoms with E-state index in [0.29, 0.717) is 0 Å². The van der Waals surface area contributed by atoms with Crippen LogP contribution in [0.25, 0.3) is 0 Å². The number of benzene rings is 1. The van der Waals surface area contributed by atoms with Crippen LogP contribution in [0.4, 0.5) is 0 Å². The van der Waals surface area contributed by atoms with E-state index in [0.717, 1.165) is 12.8 Å². The molecule has 1 atom stereocenters. The van der Waals surface area contributed by atoms with Crippen molar-refractivity contribution >= 4 is 0 Å². The molecule has 86 valence electrons. The summed E-state index contributed by atoms with van der Waals surface area (Å²) in [6.07, 6.45) is 6.59. The highest BCUT2D eigenvalue weighted by molar-refractivity contribution is 5.29. The lowest BCUT2D eigenvalue weighted by molar-refractivity contribution is 0.546. The molecule has 0 heteroatoms. The van der Waals surface area contributed by atoms with Crippen molar-refractivity contribution < 1.29 is 0 Å². The first-order chi connectivity index (χ1) is 7.58. The van der Waals surface area contributed by atoms with Crippen LogP contribution in [0.5, 0.6) is 0 Å². The topological polar surface area (TPSA) is 0 Å². The van der Waals surface area contributed by atoms with E-state index >= 15 is 0 Å².